The van der Waals surface area contributed by atoms with E-state index in [0.717, 1.165) is 5.56 Å². The highest BCUT2D eigenvalue weighted by atomic mass is 32.1. The first-order valence-electron chi connectivity index (χ1n) is 7.41. The number of nitrogens with zero attached hydrogens (tertiary/aromatic N) is 1. The summed E-state index contributed by atoms with van der Waals surface area (Å²) in [5, 5.41) is 10.2. The Bertz CT molecular complexity index is 823. The molecular weight excluding hydrogens is 302 g/mol. The SMILES string of the molecule is S=C(NCc1ccccc1)N/N=C\c1cccc2ccccc12. The molecule has 0 amide bonds. The number of hydrazone groups is 1. The number of rotatable bonds is 4. The average Bonchev–Trinajstić information content (AvgIpc) is 2.61. The fourth-order valence-corrected chi connectivity index (χ4v) is 2.47. The van der Waals surface area contributed by atoms with E-state index in [1.807, 2.05) is 42.5 Å². The first-order chi connectivity index (χ1) is 11.3. The van der Waals surface area contributed by atoms with E-state index in [9.17, 15) is 0 Å². The molecule has 0 spiro atoms. The molecule has 3 aromatic carbocycles. The topological polar surface area (TPSA) is 36.4 Å². The molecule has 0 aliphatic rings. The fourth-order valence-electron chi connectivity index (χ4n) is 2.34. The second kappa shape index (κ2) is 7.51. The van der Waals surface area contributed by atoms with Crippen LogP contribution in [0.15, 0.2) is 77.9 Å². The van der Waals surface area contributed by atoms with Gasteiger partial charge in [-0.1, -0.05) is 72.8 Å². The molecule has 0 fully saturated rings. The Hall–Kier alpha value is -2.72. The van der Waals surface area contributed by atoms with E-state index in [-0.39, 0.29) is 0 Å². The van der Waals surface area contributed by atoms with E-state index in [0.29, 0.717) is 11.7 Å². The van der Waals surface area contributed by atoms with Crippen LogP contribution >= 0.6 is 12.2 Å². The van der Waals surface area contributed by atoms with Crippen molar-refractivity contribution >= 4 is 34.3 Å². The van der Waals surface area contributed by atoms with Gasteiger partial charge < -0.3 is 5.32 Å². The van der Waals surface area contributed by atoms with Gasteiger partial charge in [0.25, 0.3) is 0 Å². The van der Waals surface area contributed by atoms with Crippen molar-refractivity contribution in [1.82, 2.24) is 10.7 Å². The summed E-state index contributed by atoms with van der Waals surface area (Å²) < 4.78 is 0. The highest BCUT2D eigenvalue weighted by molar-refractivity contribution is 7.80. The highest BCUT2D eigenvalue weighted by Gasteiger charge is 1.97. The minimum Gasteiger partial charge on any atom is -0.357 e. The van der Waals surface area contributed by atoms with Gasteiger partial charge in [0.15, 0.2) is 5.11 Å². The molecule has 3 rings (SSSR count). The average molecular weight is 319 g/mol. The predicted octanol–water partition coefficient (Wildman–Crippen LogP) is 3.84. The molecule has 0 bridgehead atoms. The molecule has 0 heterocycles. The second-order valence-corrected chi connectivity index (χ2v) is 5.51. The minimum atomic E-state index is 0.505. The van der Waals surface area contributed by atoms with Crippen molar-refractivity contribution in [2.45, 2.75) is 6.54 Å². The van der Waals surface area contributed by atoms with Crippen LogP contribution < -0.4 is 10.7 Å². The van der Waals surface area contributed by atoms with Gasteiger partial charge in [0.05, 0.1) is 6.21 Å². The van der Waals surface area contributed by atoms with E-state index >= 15 is 0 Å². The summed E-state index contributed by atoms with van der Waals surface area (Å²) in [5.74, 6) is 0. The van der Waals surface area contributed by atoms with Gasteiger partial charge in [0.1, 0.15) is 0 Å². The lowest BCUT2D eigenvalue weighted by Crippen LogP contribution is -2.31. The Labute approximate surface area is 141 Å². The second-order valence-electron chi connectivity index (χ2n) is 5.11. The number of hydrogen-bond acceptors (Lipinski definition) is 2. The number of benzene rings is 3. The third-order valence-electron chi connectivity index (χ3n) is 3.49. The molecule has 0 saturated heterocycles. The minimum absolute atomic E-state index is 0.505. The van der Waals surface area contributed by atoms with Gasteiger partial charge in [-0.2, -0.15) is 5.10 Å². The zero-order chi connectivity index (χ0) is 15.9. The van der Waals surface area contributed by atoms with E-state index in [1.165, 1.54) is 16.3 Å². The molecule has 3 aromatic rings. The van der Waals surface area contributed by atoms with Gasteiger partial charge in [-0.25, -0.2) is 0 Å². The molecule has 0 saturated carbocycles. The molecule has 0 atom stereocenters. The maximum Gasteiger partial charge on any atom is 0.187 e. The number of nitrogens with one attached hydrogen (secondary N) is 2. The van der Waals surface area contributed by atoms with E-state index < -0.39 is 0 Å². The number of fused-ring (bicyclic) bond motifs is 1. The summed E-state index contributed by atoms with van der Waals surface area (Å²) in [6, 6.07) is 24.5. The summed E-state index contributed by atoms with van der Waals surface area (Å²) in [5.41, 5.74) is 5.09. The maximum absolute atomic E-state index is 5.23. The standard InChI is InChI=1S/C19H17N3S/c23-19(20-13-15-7-2-1-3-8-15)22-21-14-17-11-6-10-16-9-4-5-12-18(16)17/h1-12,14H,13H2,(H2,20,22,23)/b21-14-. The van der Waals surface area contributed by atoms with Crippen LogP contribution in [0.3, 0.4) is 0 Å². The summed E-state index contributed by atoms with van der Waals surface area (Å²) >= 11 is 5.23. The van der Waals surface area contributed by atoms with Crippen LogP contribution in [0.25, 0.3) is 10.8 Å². The molecular formula is C19H17N3S. The molecule has 0 aliphatic heterocycles. The third-order valence-corrected chi connectivity index (χ3v) is 3.72. The molecule has 0 aromatic heterocycles. The third kappa shape index (κ3) is 4.14. The van der Waals surface area contributed by atoms with Crippen LogP contribution in [0, 0.1) is 0 Å². The summed E-state index contributed by atoms with van der Waals surface area (Å²) in [6.07, 6.45) is 1.79. The van der Waals surface area contributed by atoms with Crippen LogP contribution in [-0.4, -0.2) is 11.3 Å². The molecule has 114 valence electrons. The van der Waals surface area contributed by atoms with Crippen molar-refractivity contribution < 1.29 is 0 Å². The van der Waals surface area contributed by atoms with Gasteiger partial charge >= 0.3 is 0 Å². The van der Waals surface area contributed by atoms with E-state index in [1.54, 1.807) is 6.21 Å². The van der Waals surface area contributed by atoms with Gasteiger partial charge in [0.2, 0.25) is 0 Å². The predicted molar refractivity (Wildman–Crippen MR) is 101 cm³/mol. The molecule has 0 aliphatic carbocycles. The molecule has 23 heavy (non-hydrogen) atoms. The molecule has 3 nitrogen and oxygen atoms in total. The lowest BCUT2D eigenvalue weighted by atomic mass is 10.1. The van der Waals surface area contributed by atoms with Gasteiger partial charge in [-0.15, -0.1) is 0 Å². The van der Waals surface area contributed by atoms with Crippen LogP contribution in [-0.2, 0) is 6.54 Å². The summed E-state index contributed by atoms with van der Waals surface area (Å²) in [4.78, 5) is 0. The first kappa shape index (κ1) is 15.2. The Morgan fingerprint density at radius 1 is 0.913 bits per heavy atom. The molecule has 0 radical (unpaired) electrons. The van der Waals surface area contributed by atoms with Crippen molar-refractivity contribution in [2.24, 2.45) is 5.10 Å². The van der Waals surface area contributed by atoms with Crippen LogP contribution in [0.2, 0.25) is 0 Å². The largest absolute Gasteiger partial charge is 0.357 e. The van der Waals surface area contributed by atoms with Crippen molar-refractivity contribution in [1.29, 1.82) is 0 Å². The fraction of sp³-hybridized carbons (Fsp3) is 0.0526. The summed E-state index contributed by atoms with van der Waals surface area (Å²) in [7, 11) is 0. The number of hydrogen-bond donors (Lipinski definition) is 2. The Balaban J connectivity index is 1.59. The zero-order valence-electron chi connectivity index (χ0n) is 12.6. The monoisotopic (exact) mass is 319 g/mol. The smallest absolute Gasteiger partial charge is 0.187 e. The van der Waals surface area contributed by atoms with Gasteiger partial charge in [-0.05, 0) is 28.6 Å². The van der Waals surface area contributed by atoms with Gasteiger partial charge in [0, 0.05) is 12.1 Å². The zero-order valence-corrected chi connectivity index (χ0v) is 13.4. The van der Waals surface area contributed by atoms with Crippen LogP contribution in [0.4, 0.5) is 0 Å². The van der Waals surface area contributed by atoms with Crippen molar-refractivity contribution in [2.75, 3.05) is 0 Å². The quantitative estimate of drug-likeness (QED) is 0.436. The van der Waals surface area contributed by atoms with Crippen molar-refractivity contribution in [3.05, 3.63) is 83.9 Å². The Morgan fingerprint density at radius 2 is 1.65 bits per heavy atom. The number of thiocarbonyl (C=S) groups is 1. The van der Waals surface area contributed by atoms with Crippen molar-refractivity contribution in [3.8, 4) is 0 Å². The molecule has 0 unspecified atom stereocenters. The lowest BCUT2D eigenvalue weighted by Gasteiger charge is -2.07. The normalized spacial score (nSPS) is 10.8. The van der Waals surface area contributed by atoms with Gasteiger partial charge in [-0.3, -0.25) is 5.43 Å². The molecule has 2 N–H and O–H groups in total. The highest BCUT2D eigenvalue weighted by Crippen LogP contribution is 2.16. The van der Waals surface area contributed by atoms with E-state index in [2.05, 4.69) is 46.2 Å². The van der Waals surface area contributed by atoms with E-state index in [4.69, 9.17) is 12.2 Å². The summed E-state index contributed by atoms with van der Waals surface area (Å²) in [6.45, 7) is 0.677. The lowest BCUT2D eigenvalue weighted by molar-refractivity contribution is 0.869. The van der Waals surface area contributed by atoms with Crippen LogP contribution in [0.5, 0.6) is 0 Å². The van der Waals surface area contributed by atoms with Crippen LogP contribution in [0.1, 0.15) is 11.1 Å². The molecule has 4 heteroatoms. The first-order valence-corrected chi connectivity index (χ1v) is 7.82. The Kier molecular flexibility index (Phi) is 4.96. The Morgan fingerprint density at radius 3 is 2.52 bits per heavy atom. The maximum atomic E-state index is 5.23. The van der Waals surface area contributed by atoms with Crippen molar-refractivity contribution in [3.63, 3.8) is 0 Å².